The van der Waals surface area contributed by atoms with Crippen molar-refractivity contribution in [2.24, 2.45) is 5.41 Å². The number of piperazine rings is 1. The summed E-state index contributed by atoms with van der Waals surface area (Å²) in [6, 6.07) is 12.8. The number of hydrogen-bond acceptors (Lipinski definition) is 14. The van der Waals surface area contributed by atoms with Crippen LogP contribution in [-0.4, -0.2) is 154 Å². The molecule has 0 radical (unpaired) electrons. The van der Waals surface area contributed by atoms with Crippen molar-refractivity contribution in [3.63, 3.8) is 0 Å². The molecule has 4 atom stereocenters. The summed E-state index contributed by atoms with van der Waals surface area (Å²) in [4.78, 5) is 87.1. The molecule has 70 heavy (non-hydrogen) atoms. The highest BCUT2D eigenvalue weighted by atomic mass is 16.5. The van der Waals surface area contributed by atoms with Crippen LogP contribution in [0.15, 0.2) is 54.9 Å². The summed E-state index contributed by atoms with van der Waals surface area (Å²) >= 11 is 0. The molecule has 1 aliphatic carbocycles. The van der Waals surface area contributed by atoms with Gasteiger partial charge in [0.1, 0.15) is 23.2 Å². The Bertz CT molecular complexity index is 2750. The fourth-order valence-electron chi connectivity index (χ4n) is 12.6. The zero-order valence-corrected chi connectivity index (χ0v) is 40.5. The Morgan fingerprint density at radius 1 is 0.786 bits per heavy atom. The van der Waals surface area contributed by atoms with E-state index >= 15 is 0 Å². The number of aliphatic hydroxyl groups is 1. The molecule has 3 aromatic heterocycles. The number of imide groups is 2. The summed E-state index contributed by atoms with van der Waals surface area (Å²) in [6.45, 7) is 13.2. The normalized spacial score (nSPS) is 25.0. The Morgan fingerprint density at radius 2 is 1.56 bits per heavy atom. The van der Waals surface area contributed by atoms with Crippen LogP contribution in [0, 0.1) is 5.41 Å². The first-order valence-corrected chi connectivity index (χ1v) is 25.1. The number of benzene rings is 1. The second kappa shape index (κ2) is 18.0. The molecule has 1 aromatic carbocycles. The molecule has 9 heterocycles. The molecule has 368 valence electrons. The van der Waals surface area contributed by atoms with Crippen LogP contribution < -0.4 is 30.1 Å². The summed E-state index contributed by atoms with van der Waals surface area (Å²) in [5, 5.41) is 16.6. The third-order valence-electron chi connectivity index (χ3n) is 16.1. The van der Waals surface area contributed by atoms with Crippen LogP contribution in [0.2, 0.25) is 0 Å². The van der Waals surface area contributed by atoms with E-state index in [0.717, 1.165) is 112 Å². The van der Waals surface area contributed by atoms with Gasteiger partial charge >= 0.3 is 0 Å². The number of carbonyl (C=O) groups is 5. The number of aliphatic hydroxyl groups excluding tert-OH is 1. The highest BCUT2D eigenvalue weighted by Crippen LogP contribution is 2.41. The number of fused-ring (bicyclic) bond motifs is 4. The smallest absolute Gasteiger partial charge is 0.270 e. The van der Waals surface area contributed by atoms with Crippen LogP contribution in [0.1, 0.15) is 102 Å². The number of amides is 5. The third kappa shape index (κ3) is 8.11. The summed E-state index contributed by atoms with van der Waals surface area (Å²) in [5.41, 5.74) is 7.64. The lowest BCUT2D eigenvalue weighted by Crippen LogP contribution is -2.60. The van der Waals surface area contributed by atoms with Gasteiger partial charge in [0.2, 0.25) is 17.7 Å². The Labute approximate surface area is 407 Å². The first kappa shape index (κ1) is 45.9. The third-order valence-corrected chi connectivity index (χ3v) is 16.1. The molecular formula is C52H63N11O7. The first-order valence-electron chi connectivity index (χ1n) is 25.1. The first-order chi connectivity index (χ1) is 33.8. The second-order valence-electron chi connectivity index (χ2n) is 21.0. The lowest BCUT2D eigenvalue weighted by atomic mass is 9.90. The predicted molar refractivity (Wildman–Crippen MR) is 263 cm³/mol. The van der Waals surface area contributed by atoms with Crippen LogP contribution in [-0.2, 0) is 29.0 Å². The van der Waals surface area contributed by atoms with E-state index in [1.807, 2.05) is 29.3 Å². The van der Waals surface area contributed by atoms with E-state index < -0.39 is 29.7 Å². The quantitative estimate of drug-likeness (QED) is 0.192. The van der Waals surface area contributed by atoms with E-state index in [1.54, 1.807) is 25.4 Å². The lowest BCUT2D eigenvalue weighted by molar-refractivity contribution is -0.136. The average molecular weight is 954 g/mol. The van der Waals surface area contributed by atoms with Crippen LogP contribution in [0.4, 0.5) is 28.6 Å². The lowest BCUT2D eigenvalue weighted by Gasteiger charge is -2.47. The molecular weight excluding hydrogens is 891 g/mol. The molecule has 5 amide bonds. The average Bonchev–Trinajstić information content (AvgIpc) is 3.95. The molecule has 4 fully saturated rings. The molecule has 0 bridgehead atoms. The maximum Gasteiger partial charge on any atom is 0.270 e. The number of aromatic nitrogens is 3. The molecule has 1 unspecified atom stereocenters. The maximum absolute atomic E-state index is 14.1. The summed E-state index contributed by atoms with van der Waals surface area (Å²) in [7, 11) is 1.60. The van der Waals surface area contributed by atoms with Gasteiger partial charge < -0.3 is 39.3 Å². The van der Waals surface area contributed by atoms with Crippen molar-refractivity contribution in [3.8, 4) is 5.88 Å². The predicted octanol–water partition coefficient (Wildman–Crippen LogP) is 4.22. The fourth-order valence-corrected chi connectivity index (χ4v) is 12.6. The number of carbonyl (C=O) groups excluding carboxylic acids is 5. The van der Waals surface area contributed by atoms with Gasteiger partial charge in [-0.15, -0.1) is 0 Å². The van der Waals surface area contributed by atoms with Crippen molar-refractivity contribution in [2.75, 3.05) is 79.5 Å². The van der Waals surface area contributed by atoms with Crippen molar-refractivity contribution in [1.82, 2.24) is 34.6 Å². The fraction of sp³-hybridized carbons (Fsp3) is 0.519. The van der Waals surface area contributed by atoms with Gasteiger partial charge in [-0.3, -0.25) is 39.1 Å². The zero-order chi connectivity index (χ0) is 48.6. The van der Waals surface area contributed by atoms with E-state index in [1.165, 1.54) is 11.3 Å². The highest BCUT2D eigenvalue weighted by Gasteiger charge is 2.46. The number of methoxy groups -OCH3 is 1. The van der Waals surface area contributed by atoms with Crippen molar-refractivity contribution >= 4 is 58.1 Å². The number of rotatable bonds is 10. The number of nitrogens with zero attached hydrogens (tertiary/aromatic N) is 9. The molecule has 18 nitrogen and oxygen atoms in total. The number of pyridine rings is 2. The monoisotopic (exact) mass is 953 g/mol. The molecule has 18 heteroatoms. The van der Waals surface area contributed by atoms with E-state index in [2.05, 4.69) is 72.7 Å². The van der Waals surface area contributed by atoms with Gasteiger partial charge in [-0.1, -0.05) is 13.8 Å². The molecule has 0 saturated carbocycles. The number of piperidine rings is 3. The number of anilines is 5. The minimum atomic E-state index is -0.983. The van der Waals surface area contributed by atoms with E-state index in [-0.39, 0.29) is 48.9 Å². The molecule has 7 aliphatic rings. The maximum atomic E-state index is 14.1. The molecule has 11 rings (SSSR count). The summed E-state index contributed by atoms with van der Waals surface area (Å²) in [5.74, 6) is -0.847. The second-order valence-corrected chi connectivity index (χ2v) is 21.0. The van der Waals surface area contributed by atoms with Crippen molar-refractivity contribution in [1.29, 1.82) is 0 Å². The number of ether oxygens (including phenoxy) is 1. The van der Waals surface area contributed by atoms with Crippen LogP contribution in [0.5, 0.6) is 5.88 Å². The van der Waals surface area contributed by atoms with Gasteiger partial charge in [-0.2, -0.15) is 0 Å². The van der Waals surface area contributed by atoms with Crippen LogP contribution in [0.25, 0.3) is 0 Å². The summed E-state index contributed by atoms with van der Waals surface area (Å²) in [6.07, 6.45) is 9.53. The molecule has 6 aliphatic heterocycles. The van der Waals surface area contributed by atoms with E-state index in [4.69, 9.17) is 9.72 Å². The highest BCUT2D eigenvalue weighted by molar-refractivity contribution is 6.23. The Balaban J connectivity index is 0.697. The van der Waals surface area contributed by atoms with Gasteiger partial charge in [0, 0.05) is 82.2 Å². The Morgan fingerprint density at radius 3 is 2.30 bits per heavy atom. The topological polar surface area (TPSA) is 189 Å². The standard InChI is InChI=1S/C52H63N11O7/c1-31-29-58(33-13-16-57(17-14-33)34-7-9-37-38(23-34)50(68)63(49(37)67)41-10-12-46(65)56-47(41)66)18-19-59(31)35-8-11-45(53-27-35)55-39-24-36(28-54-48(39)70-4)60-15-5-6-40(44(60)30-64)62-21-20-61-42(51(62)69)22-32-25-52(2,3)26-43(32)61/h7-9,11,22-24,27-28,31,33,40-41,44,64H,5-6,10,12-21,25-26,29-30H2,1-4H3,(H,53,55)(H,56,65,66)/t31-,40+,41?,44+/m0/s1. The van der Waals surface area contributed by atoms with Gasteiger partial charge in [-0.05, 0) is 105 Å². The van der Waals surface area contributed by atoms with Crippen molar-refractivity contribution in [2.45, 2.75) is 109 Å². The molecule has 3 N–H and O–H groups in total. The Hall–Kier alpha value is -6.53. The SMILES string of the molecule is COc1ncc(N2CCC[C@@H](N3CCn4c(cc5c4CC(C)(C)C5)C3=O)[C@H]2CO)cc1Nc1ccc(N2CCN(C3CCN(c4ccc5c(c4)C(=O)N(C4CCC(=O)NC4=O)C5=O)CC3)C[C@@H]2C)cn1. The van der Waals surface area contributed by atoms with E-state index in [9.17, 15) is 29.1 Å². The van der Waals surface area contributed by atoms with Crippen molar-refractivity contribution < 1.29 is 33.8 Å². The van der Waals surface area contributed by atoms with Gasteiger partial charge in [0.25, 0.3) is 17.7 Å². The van der Waals surface area contributed by atoms with Gasteiger partial charge in [-0.25, -0.2) is 9.97 Å². The van der Waals surface area contributed by atoms with Gasteiger partial charge in [0.05, 0.1) is 60.7 Å². The van der Waals surface area contributed by atoms with Gasteiger partial charge in [0.15, 0.2) is 0 Å². The van der Waals surface area contributed by atoms with Crippen LogP contribution in [0.3, 0.4) is 0 Å². The largest absolute Gasteiger partial charge is 0.480 e. The minimum Gasteiger partial charge on any atom is -0.480 e. The van der Waals surface area contributed by atoms with Crippen molar-refractivity contribution in [3.05, 3.63) is 82.9 Å². The van der Waals surface area contributed by atoms with Crippen LogP contribution >= 0.6 is 0 Å². The molecule has 4 aromatic rings. The minimum absolute atomic E-state index is 0.0563. The summed E-state index contributed by atoms with van der Waals surface area (Å²) < 4.78 is 7.95. The molecule has 4 saturated heterocycles. The zero-order valence-electron chi connectivity index (χ0n) is 40.5. The number of hydrogen-bond donors (Lipinski definition) is 3. The Kier molecular flexibility index (Phi) is 11.8. The number of nitrogens with one attached hydrogen (secondary N) is 2. The van der Waals surface area contributed by atoms with E-state index in [0.29, 0.717) is 41.1 Å². The molecule has 0 spiro atoms.